The molecule has 0 saturated carbocycles. The third kappa shape index (κ3) is 5.13. The number of benzene rings is 2. The number of aryl methyl sites for hydroxylation is 3. The second-order valence-corrected chi connectivity index (χ2v) is 12.0. The summed E-state index contributed by atoms with van der Waals surface area (Å²) in [5.41, 5.74) is 9.87. The van der Waals surface area contributed by atoms with Gasteiger partial charge in [0.1, 0.15) is 5.82 Å². The topological polar surface area (TPSA) is 52.6 Å². The molecule has 0 spiro atoms. The van der Waals surface area contributed by atoms with E-state index in [1.54, 1.807) is 6.92 Å². The van der Waals surface area contributed by atoms with E-state index in [1.165, 1.54) is 33.5 Å². The van der Waals surface area contributed by atoms with Gasteiger partial charge in [-0.3, -0.25) is 4.79 Å². The highest BCUT2D eigenvalue weighted by Crippen LogP contribution is 2.36. The number of hydrogen-bond donors (Lipinski definition) is 0. The molecule has 0 radical (unpaired) electrons. The van der Waals surface area contributed by atoms with Gasteiger partial charge in [-0.15, -0.1) is 0 Å². The van der Waals surface area contributed by atoms with Crippen LogP contribution in [0.25, 0.3) is 11.4 Å². The first-order valence-corrected chi connectivity index (χ1v) is 14.4. The second kappa shape index (κ2) is 10.6. The quantitative estimate of drug-likeness (QED) is 0.406. The number of piperazine rings is 1. The predicted molar refractivity (Wildman–Crippen MR) is 161 cm³/mol. The standard InChI is InChI=1S/C33H43N5O/c1-20(2)27-13-12-21(3)30(16-27)36-15-14-29-28(19-36)33(38-18-24(6)37(26(8)39)17-25(38)7)35-32(34-29)31-22(4)10-9-11-23(31)5/h9-13,16,20,24-25H,14-15,17-19H2,1-8H3/t24-,25+/m1/s1. The van der Waals surface area contributed by atoms with Crippen molar-refractivity contribution < 1.29 is 4.79 Å². The van der Waals surface area contributed by atoms with Crippen LogP contribution in [0.15, 0.2) is 36.4 Å². The highest BCUT2D eigenvalue weighted by molar-refractivity contribution is 5.74. The average molecular weight is 526 g/mol. The van der Waals surface area contributed by atoms with Gasteiger partial charge in [-0.2, -0.15) is 0 Å². The Bertz CT molecular complexity index is 1380. The van der Waals surface area contributed by atoms with Gasteiger partial charge in [0.2, 0.25) is 5.91 Å². The molecule has 0 bridgehead atoms. The molecule has 0 N–H and O–H groups in total. The first kappa shape index (κ1) is 27.2. The van der Waals surface area contributed by atoms with Gasteiger partial charge >= 0.3 is 0 Å². The third-order valence-corrected chi connectivity index (χ3v) is 8.65. The third-order valence-electron chi connectivity index (χ3n) is 8.65. The van der Waals surface area contributed by atoms with Crippen molar-refractivity contribution in [1.82, 2.24) is 14.9 Å². The Morgan fingerprint density at radius 3 is 2.33 bits per heavy atom. The lowest BCUT2D eigenvalue weighted by Crippen LogP contribution is -2.58. The lowest BCUT2D eigenvalue weighted by Gasteiger charge is -2.45. The van der Waals surface area contributed by atoms with Crippen molar-refractivity contribution in [2.24, 2.45) is 0 Å². The van der Waals surface area contributed by atoms with Crippen molar-refractivity contribution >= 4 is 17.4 Å². The minimum absolute atomic E-state index is 0.123. The number of aromatic nitrogens is 2. The summed E-state index contributed by atoms with van der Waals surface area (Å²) in [6.45, 7) is 20.2. The maximum atomic E-state index is 12.3. The Labute approximate surface area is 234 Å². The largest absolute Gasteiger partial charge is 0.366 e. The first-order chi connectivity index (χ1) is 18.5. The van der Waals surface area contributed by atoms with Crippen molar-refractivity contribution in [3.05, 3.63) is 69.9 Å². The van der Waals surface area contributed by atoms with Gasteiger partial charge in [0.05, 0.1) is 5.69 Å². The lowest BCUT2D eigenvalue weighted by atomic mass is 9.97. The van der Waals surface area contributed by atoms with Gasteiger partial charge in [0.25, 0.3) is 0 Å². The normalized spacial score (nSPS) is 19.5. The number of carbonyl (C=O) groups is 1. The van der Waals surface area contributed by atoms with Crippen molar-refractivity contribution in [3.63, 3.8) is 0 Å². The van der Waals surface area contributed by atoms with Crippen LogP contribution in [0.1, 0.15) is 74.0 Å². The maximum absolute atomic E-state index is 12.3. The van der Waals surface area contributed by atoms with Crippen LogP contribution in [-0.4, -0.2) is 52.5 Å². The fraction of sp³-hybridized carbons (Fsp3) is 0.485. The predicted octanol–water partition coefficient (Wildman–Crippen LogP) is 6.20. The van der Waals surface area contributed by atoms with E-state index in [-0.39, 0.29) is 18.0 Å². The lowest BCUT2D eigenvalue weighted by molar-refractivity contribution is -0.131. The molecule has 1 saturated heterocycles. The Kier molecular flexibility index (Phi) is 7.41. The molecule has 6 nitrogen and oxygen atoms in total. The molecule has 206 valence electrons. The summed E-state index contributed by atoms with van der Waals surface area (Å²) in [5, 5.41) is 0. The zero-order valence-electron chi connectivity index (χ0n) is 24.9. The zero-order valence-corrected chi connectivity index (χ0v) is 24.9. The number of rotatable bonds is 4. The molecular formula is C33H43N5O. The summed E-state index contributed by atoms with van der Waals surface area (Å²) in [7, 11) is 0. The smallest absolute Gasteiger partial charge is 0.219 e. The Morgan fingerprint density at radius 1 is 0.949 bits per heavy atom. The van der Waals surface area contributed by atoms with Gasteiger partial charge in [-0.25, -0.2) is 9.97 Å². The Morgan fingerprint density at radius 2 is 1.67 bits per heavy atom. The summed E-state index contributed by atoms with van der Waals surface area (Å²) >= 11 is 0. The number of hydrogen-bond acceptors (Lipinski definition) is 5. The fourth-order valence-corrected chi connectivity index (χ4v) is 6.31. The van der Waals surface area contributed by atoms with Crippen LogP contribution in [0.3, 0.4) is 0 Å². The molecule has 3 aromatic rings. The molecule has 6 heteroatoms. The van der Waals surface area contributed by atoms with Crippen molar-refractivity contribution in [2.75, 3.05) is 29.4 Å². The van der Waals surface area contributed by atoms with E-state index in [4.69, 9.17) is 9.97 Å². The van der Waals surface area contributed by atoms with Gasteiger partial charge < -0.3 is 14.7 Å². The Hall–Kier alpha value is -3.41. The van der Waals surface area contributed by atoms with E-state index in [9.17, 15) is 4.79 Å². The van der Waals surface area contributed by atoms with E-state index in [1.807, 2.05) is 4.90 Å². The molecule has 1 aromatic heterocycles. The highest BCUT2D eigenvalue weighted by Gasteiger charge is 2.35. The molecule has 5 rings (SSSR count). The maximum Gasteiger partial charge on any atom is 0.219 e. The molecule has 1 fully saturated rings. The zero-order chi connectivity index (χ0) is 28.0. The van der Waals surface area contributed by atoms with Gasteiger partial charge in [0, 0.05) is 68.4 Å². The number of amides is 1. The number of carbonyl (C=O) groups excluding carboxylic acids is 1. The van der Waals surface area contributed by atoms with Gasteiger partial charge in [-0.05, 0) is 68.9 Å². The molecule has 2 atom stereocenters. The second-order valence-electron chi connectivity index (χ2n) is 12.0. The summed E-state index contributed by atoms with van der Waals surface area (Å²) in [6.07, 6.45) is 0.880. The van der Waals surface area contributed by atoms with Gasteiger partial charge in [0.15, 0.2) is 5.82 Å². The molecule has 0 aliphatic carbocycles. The molecule has 2 aliphatic rings. The molecule has 39 heavy (non-hydrogen) atoms. The van der Waals surface area contributed by atoms with E-state index < -0.39 is 0 Å². The molecule has 2 aliphatic heterocycles. The number of nitrogens with zero attached hydrogens (tertiary/aromatic N) is 5. The van der Waals surface area contributed by atoms with Crippen molar-refractivity contribution in [3.8, 4) is 11.4 Å². The van der Waals surface area contributed by atoms with E-state index in [0.29, 0.717) is 12.5 Å². The Balaban J connectivity index is 1.62. The van der Waals surface area contributed by atoms with Crippen LogP contribution in [0.5, 0.6) is 0 Å². The summed E-state index contributed by atoms with van der Waals surface area (Å²) < 4.78 is 0. The minimum Gasteiger partial charge on any atom is -0.366 e. The SMILES string of the molecule is CC(=O)N1C[C@H](C)N(c2nc(-c3c(C)cccc3C)nc3c2CN(c2cc(C(C)C)ccc2C)CC3)C[C@H]1C. The molecular weight excluding hydrogens is 482 g/mol. The van der Waals surface area contributed by atoms with E-state index in [2.05, 4.69) is 94.7 Å². The number of fused-ring (bicyclic) bond motifs is 1. The highest BCUT2D eigenvalue weighted by atomic mass is 16.2. The van der Waals surface area contributed by atoms with E-state index >= 15 is 0 Å². The van der Waals surface area contributed by atoms with Crippen LogP contribution < -0.4 is 9.80 Å². The fourth-order valence-electron chi connectivity index (χ4n) is 6.31. The monoisotopic (exact) mass is 525 g/mol. The molecule has 2 aromatic carbocycles. The summed E-state index contributed by atoms with van der Waals surface area (Å²) in [6, 6.07) is 13.6. The van der Waals surface area contributed by atoms with Crippen molar-refractivity contribution in [1.29, 1.82) is 0 Å². The van der Waals surface area contributed by atoms with E-state index in [0.717, 1.165) is 49.0 Å². The average Bonchev–Trinajstić information content (AvgIpc) is 2.89. The molecule has 1 amide bonds. The van der Waals surface area contributed by atoms with Crippen LogP contribution >= 0.6 is 0 Å². The van der Waals surface area contributed by atoms with Crippen LogP contribution in [0.2, 0.25) is 0 Å². The van der Waals surface area contributed by atoms with Crippen molar-refractivity contribution in [2.45, 2.75) is 86.4 Å². The first-order valence-electron chi connectivity index (χ1n) is 14.4. The summed E-state index contributed by atoms with van der Waals surface area (Å²) in [5.74, 6) is 2.48. The molecule has 0 unspecified atom stereocenters. The van der Waals surface area contributed by atoms with Crippen LogP contribution in [-0.2, 0) is 17.8 Å². The van der Waals surface area contributed by atoms with Crippen LogP contribution in [0.4, 0.5) is 11.5 Å². The minimum atomic E-state index is 0.123. The van der Waals surface area contributed by atoms with Crippen LogP contribution in [0, 0.1) is 20.8 Å². The van der Waals surface area contributed by atoms with Gasteiger partial charge in [-0.1, -0.05) is 44.2 Å². The number of anilines is 2. The molecule has 3 heterocycles. The summed E-state index contributed by atoms with van der Waals surface area (Å²) in [4.78, 5) is 29.8.